The zero-order valence-electron chi connectivity index (χ0n) is 5.58. The number of nitrogens with zero attached hydrogens (tertiary/aromatic N) is 1. The predicted octanol–water partition coefficient (Wildman–Crippen LogP) is 0.0922. The lowest BCUT2D eigenvalue weighted by molar-refractivity contribution is -0.138. The first-order chi connectivity index (χ1) is 4.68. The zero-order valence-corrected chi connectivity index (χ0v) is 5.58. The fourth-order valence-corrected chi connectivity index (χ4v) is 0.525. The third-order valence-electron chi connectivity index (χ3n) is 1.12. The molecule has 10 heavy (non-hydrogen) atoms. The van der Waals surface area contributed by atoms with Crippen molar-refractivity contribution in [1.29, 1.82) is 5.26 Å². The highest BCUT2D eigenvalue weighted by Crippen LogP contribution is 1.97. The Hall–Kier alpha value is -1.08. The number of rotatable bonds is 4. The molecule has 0 fully saturated rings. The van der Waals surface area contributed by atoms with Crippen LogP contribution >= 0.6 is 0 Å². The van der Waals surface area contributed by atoms with E-state index in [2.05, 4.69) is 0 Å². The quantitative estimate of drug-likeness (QED) is 0.544. The van der Waals surface area contributed by atoms with Gasteiger partial charge in [-0.1, -0.05) is 0 Å². The number of nitriles is 1. The molecule has 4 nitrogen and oxygen atoms in total. The minimum atomic E-state index is -1.00. The zero-order chi connectivity index (χ0) is 7.98. The van der Waals surface area contributed by atoms with E-state index in [1.807, 2.05) is 6.07 Å². The van der Waals surface area contributed by atoms with Gasteiger partial charge in [0.2, 0.25) is 0 Å². The molecule has 1 atom stereocenters. The average Bonchev–Trinajstić information content (AvgIpc) is 1.88. The van der Waals surface area contributed by atoms with Crippen molar-refractivity contribution in [3.05, 3.63) is 0 Å². The van der Waals surface area contributed by atoms with Gasteiger partial charge in [0.05, 0.1) is 6.07 Å². The lowest BCUT2D eigenvalue weighted by Gasteiger charge is -2.01. The van der Waals surface area contributed by atoms with E-state index in [4.69, 9.17) is 16.1 Å². The second-order valence-corrected chi connectivity index (χ2v) is 2.00. The maximum Gasteiger partial charge on any atom is 0.320 e. The Bertz CT molecular complexity index is 150. The molecule has 0 aliphatic rings. The van der Waals surface area contributed by atoms with E-state index in [1.165, 1.54) is 0 Å². The van der Waals surface area contributed by atoms with Crippen molar-refractivity contribution in [3.8, 4) is 6.07 Å². The molecule has 0 aliphatic carbocycles. The molecule has 4 heteroatoms. The van der Waals surface area contributed by atoms with Crippen LogP contribution in [0.25, 0.3) is 0 Å². The van der Waals surface area contributed by atoms with Crippen LogP contribution in [0.1, 0.15) is 19.3 Å². The summed E-state index contributed by atoms with van der Waals surface area (Å²) in [5.74, 6) is -1.00. The molecular weight excluding hydrogens is 132 g/mol. The van der Waals surface area contributed by atoms with Crippen LogP contribution in [0, 0.1) is 11.3 Å². The molecule has 0 amide bonds. The van der Waals surface area contributed by atoms with Gasteiger partial charge in [-0.05, 0) is 12.8 Å². The van der Waals surface area contributed by atoms with Gasteiger partial charge in [0.15, 0.2) is 0 Å². The number of hydrogen-bond acceptors (Lipinski definition) is 3. The molecule has 0 aromatic rings. The summed E-state index contributed by atoms with van der Waals surface area (Å²) in [4.78, 5) is 10.1. The first kappa shape index (κ1) is 8.92. The monoisotopic (exact) mass is 142 g/mol. The Labute approximate surface area is 59.3 Å². The second-order valence-electron chi connectivity index (χ2n) is 2.00. The van der Waals surface area contributed by atoms with Crippen LogP contribution in [0.3, 0.4) is 0 Å². The number of carboxylic acids is 1. The highest BCUT2D eigenvalue weighted by Gasteiger charge is 2.09. The van der Waals surface area contributed by atoms with E-state index in [9.17, 15) is 4.79 Å². The fraction of sp³-hybridized carbons (Fsp3) is 0.667. The largest absolute Gasteiger partial charge is 0.480 e. The highest BCUT2D eigenvalue weighted by molar-refractivity contribution is 5.72. The molecule has 0 radical (unpaired) electrons. The normalized spacial score (nSPS) is 12.0. The summed E-state index contributed by atoms with van der Waals surface area (Å²) in [5, 5.41) is 16.4. The van der Waals surface area contributed by atoms with Crippen molar-refractivity contribution in [3.63, 3.8) is 0 Å². The predicted molar refractivity (Wildman–Crippen MR) is 35.1 cm³/mol. The molecule has 0 bridgehead atoms. The summed E-state index contributed by atoms with van der Waals surface area (Å²) in [7, 11) is 0. The van der Waals surface area contributed by atoms with Crippen molar-refractivity contribution in [2.24, 2.45) is 5.73 Å². The van der Waals surface area contributed by atoms with Crippen LogP contribution in [-0.2, 0) is 4.79 Å². The number of nitrogens with two attached hydrogens (primary N) is 1. The maximum absolute atomic E-state index is 10.1. The van der Waals surface area contributed by atoms with Crippen LogP contribution in [0.5, 0.6) is 0 Å². The molecule has 0 spiro atoms. The highest BCUT2D eigenvalue weighted by atomic mass is 16.4. The Balaban J connectivity index is 3.32. The van der Waals surface area contributed by atoms with E-state index in [0.717, 1.165) is 0 Å². The van der Waals surface area contributed by atoms with Crippen LogP contribution in [-0.4, -0.2) is 17.1 Å². The van der Waals surface area contributed by atoms with Gasteiger partial charge in [-0.15, -0.1) is 0 Å². The lowest BCUT2D eigenvalue weighted by atomic mass is 10.1. The second kappa shape index (κ2) is 4.77. The van der Waals surface area contributed by atoms with Gasteiger partial charge in [0.1, 0.15) is 6.04 Å². The number of hydrogen-bond donors (Lipinski definition) is 2. The summed E-state index contributed by atoms with van der Waals surface area (Å²) in [6.45, 7) is 0. The molecule has 0 aromatic heterocycles. The summed E-state index contributed by atoms with van der Waals surface area (Å²) < 4.78 is 0. The first-order valence-corrected chi connectivity index (χ1v) is 3.04. The van der Waals surface area contributed by atoms with Gasteiger partial charge in [0.25, 0.3) is 0 Å². The third kappa shape index (κ3) is 3.87. The lowest BCUT2D eigenvalue weighted by Crippen LogP contribution is -2.29. The van der Waals surface area contributed by atoms with Gasteiger partial charge in [0, 0.05) is 6.42 Å². The van der Waals surface area contributed by atoms with Crippen molar-refractivity contribution < 1.29 is 9.90 Å². The van der Waals surface area contributed by atoms with Crippen LogP contribution in [0.15, 0.2) is 0 Å². The Morgan fingerprint density at radius 3 is 2.80 bits per heavy atom. The van der Waals surface area contributed by atoms with Crippen LogP contribution in [0.2, 0.25) is 0 Å². The molecule has 56 valence electrons. The van der Waals surface area contributed by atoms with Crippen molar-refractivity contribution in [2.75, 3.05) is 0 Å². The summed E-state index contributed by atoms with van der Waals surface area (Å²) in [6.07, 6.45) is 1.31. The topological polar surface area (TPSA) is 87.1 Å². The van der Waals surface area contributed by atoms with E-state index < -0.39 is 12.0 Å². The molecule has 0 saturated carbocycles. The molecule has 0 aromatic carbocycles. The van der Waals surface area contributed by atoms with Crippen molar-refractivity contribution >= 4 is 5.97 Å². The summed E-state index contributed by atoms with van der Waals surface area (Å²) in [5.41, 5.74) is 5.15. The van der Waals surface area contributed by atoms with E-state index in [1.54, 1.807) is 0 Å². The number of aliphatic carboxylic acids is 1. The van der Waals surface area contributed by atoms with Gasteiger partial charge in [-0.25, -0.2) is 0 Å². The molecule has 0 aliphatic heterocycles. The van der Waals surface area contributed by atoms with E-state index in [0.29, 0.717) is 19.3 Å². The molecule has 0 saturated heterocycles. The van der Waals surface area contributed by atoms with Crippen LogP contribution < -0.4 is 5.73 Å². The molecular formula is C6H10N2O2. The van der Waals surface area contributed by atoms with Gasteiger partial charge < -0.3 is 10.8 Å². The Morgan fingerprint density at radius 1 is 1.80 bits per heavy atom. The minimum absolute atomic E-state index is 0.376. The third-order valence-corrected chi connectivity index (χ3v) is 1.12. The molecule has 3 N–H and O–H groups in total. The van der Waals surface area contributed by atoms with Crippen molar-refractivity contribution in [2.45, 2.75) is 25.3 Å². The van der Waals surface area contributed by atoms with E-state index in [-0.39, 0.29) is 0 Å². The Morgan fingerprint density at radius 2 is 2.40 bits per heavy atom. The summed E-state index contributed by atoms with van der Waals surface area (Å²) in [6, 6.07) is 1.10. The maximum atomic E-state index is 10.1. The molecule has 0 heterocycles. The minimum Gasteiger partial charge on any atom is -0.480 e. The average molecular weight is 142 g/mol. The van der Waals surface area contributed by atoms with Gasteiger partial charge >= 0.3 is 5.97 Å². The van der Waals surface area contributed by atoms with Gasteiger partial charge in [-0.2, -0.15) is 5.26 Å². The smallest absolute Gasteiger partial charge is 0.320 e. The summed E-state index contributed by atoms with van der Waals surface area (Å²) >= 11 is 0. The SMILES string of the molecule is N#CCCC[C@@H](N)C(=O)O. The molecule has 0 rings (SSSR count). The number of carbonyl (C=O) groups is 1. The van der Waals surface area contributed by atoms with Crippen molar-refractivity contribution in [1.82, 2.24) is 0 Å². The Kier molecular flexibility index (Phi) is 4.25. The molecule has 0 unspecified atom stereocenters. The fourth-order valence-electron chi connectivity index (χ4n) is 0.525. The first-order valence-electron chi connectivity index (χ1n) is 3.04. The van der Waals surface area contributed by atoms with Gasteiger partial charge in [-0.3, -0.25) is 4.79 Å². The number of carboxylic acid groups (broad SMARTS) is 1. The van der Waals surface area contributed by atoms with Crippen LogP contribution in [0.4, 0.5) is 0 Å². The number of unbranched alkanes of at least 4 members (excludes halogenated alkanes) is 1. The standard InChI is InChI=1S/C6H10N2O2/c7-4-2-1-3-5(8)6(9)10/h5H,1-3,8H2,(H,9,10)/t5-/m1/s1. The van der Waals surface area contributed by atoms with E-state index >= 15 is 0 Å².